The highest BCUT2D eigenvalue weighted by Crippen LogP contribution is 2.25. The van der Waals surface area contributed by atoms with Gasteiger partial charge in [0.15, 0.2) is 0 Å². The smallest absolute Gasteiger partial charge is 0.142 e. The lowest BCUT2D eigenvalue weighted by atomic mass is 10.1. The lowest BCUT2D eigenvalue weighted by molar-refractivity contribution is 0.306. The van der Waals surface area contributed by atoms with Crippen LogP contribution in [0.15, 0.2) is 22.7 Å². The molecule has 2 nitrogen and oxygen atoms in total. The number of hydrogen-bond donors (Lipinski definition) is 1. The zero-order valence-corrected chi connectivity index (χ0v) is 12.8. The van der Waals surface area contributed by atoms with Crippen LogP contribution in [0.25, 0.3) is 0 Å². The maximum Gasteiger partial charge on any atom is 0.142 e. The van der Waals surface area contributed by atoms with Gasteiger partial charge in [0.2, 0.25) is 0 Å². The second-order valence-corrected chi connectivity index (χ2v) is 5.57. The molecule has 1 rings (SSSR count). The third-order valence-corrected chi connectivity index (χ3v) is 3.47. The first-order valence-corrected chi connectivity index (χ1v) is 7.71. The van der Waals surface area contributed by atoms with Crippen molar-refractivity contribution in [3.05, 3.63) is 22.7 Å². The first kappa shape index (κ1) is 15.4. The van der Waals surface area contributed by atoms with E-state index in [1.54, 1.807) is 0 Å². The number of anilines is 1. The summed E-state index contributed by atoms with van der Waals surface area (Å²) in [4.78, 5) is 0. The van der Waals surface area contributed by atoms with Crippen molar-refractivity contribution < 1.29 is 4.74 Å². The van der Waals surface area contributed by atoms with Gasteiger partial charge in [-0.3, -0.25) is 0 Å². The average Bonchev–Trinajstić information content (AvgIpc) is 2.35. The minimum absolute atomic E-state index is 0.701. The fourth-order valence-corrected chi connectivity index (χ4v) is 2.27. The van der Waals surface area contributed by atoms with E-state index in [2.05, 4.69) is 22.9 Å². The number of unbranched alkanes of at least 4 members (excludes halogenated alkanes) is 6. The molecule has 0 saturated heterocycles. The van der Waals surface area contributed by atoms with E-state index >= 15 is 0 Å². The molecule has 0 aromatic heterocycles. The average molecular weight is 314 g/mol. The minimum atomic E-state index is 0.701. The second kappa shape index (κ2) is 9.26. The van der Waals surface area contributed by atoms with Crippen LogP contribution >= 0.6 is 15.9 Å². The molecule has 0 unspecified atom stereocenters. The molecule has 0 aliphatic carbocycles. The number of nitrogen functional groups attached to an aromatic ring is 1. The molecule has 1 aromatic rings. The standard InChI is InChI=1S/C15H24BrNO/c1-2-3-4-5-6-7-8-11-18-15-10-9-13(16)12-14(15)17/h9-10,12H,2-8,11,17H2,1H3. The molecule has 102 valence electrons. The van der Waals surface area contributed by atoms with Crippen molar-refractivity contribution in [2.45, 2.75) is 51.9 Å². The third kappa shape index (κ3) is 6.29. The molecule has 3 heteroatoms. The van der Waals surface area contributed by atoms with Crippen LogP contribution in [0.2, 0.25) is 0 Å². The summed E-state index contributed by atoms with van der Waals surface area (Å²) in [6.45, 7) is 3.01. The number of benzene rings is 1. The lowest BCUT2D eigenvalue weighted by Crippen LogP contribution is -2.00. The number of ether oxygens (including phenoxy) is 1. The Morgan fingerprint density at radius 3 is 2.39 bits per heavy atom. The van der Waals surface area contributed by atoms with Gasteiger partial charge in [0.25, 0.3) is 0 Å². The van der Waals surface area contributed by atoms with Gasteiger partial charge in [0.1, 0.15) is 5.75 Å². The van der Waals surface area contributed by atoms with Gasteiger partial charge in [0, 0.05) is 4.47 Å². The van der Waals surface area contributed by atoms with Gasteiger partial charge in [-0.05, 0) is 24.6 Å². The molecular weight excluding hydrogens is 290 g/mol. The topological polar surface area (TPSA) is 35.2 Å². The first-order valence-electron chi connectivity index (χ1n) is 6.92. The van der Waals surface area contributed by atoms with Gasteiger partial charge in [-0.1, -0.05) is 61.4 Å². The summed E-state index contributed by atoms with van der Waals surface area (Å²) in [7, 11) is 0. The number of rotatable bonds is 9. The maximum absolute atomic E-state index is 5.86. The summed E-state index contributed by atoms with van der Waals surface area (Å²) in [6.07, 6.45) is 9.09. The van der Waals surface area contributed by atoms with E-state index < -0.39 is 0 Å². The van der Waals surface area contributed by atoms with Crippen molar-refractivity contribution in [3.63, 3.8) is 0 Å². The van der Waals surface area contributed by atoms with E-state index in [9.17, 15) is 0 Å². The molecule has 0 aliphatic rings. The highest BCUT2D eigenvalue weighted by atomic mass is 79.9. The summed E-state index contributed by atoms with van der Waals surface area (Å²) >= 11 is 3.38. The number of nitrogens with two attached hydrogens (primary N) is 1. The largest absolute Gasteiger partial charge is 0.491 e. The summed E-state index contributed by atoms with van der Waals surface area (Å²) in [5.41, 5.74) is 6.56. The molecule has 0 saturated carbocycles. The molecule has 1 aromatic carbocycles. The summed E-state index contributed by atoms with van der Waals surface area (Å²) < 4.78 is 6.66. The Kier molecular flexibility index (Phi) is 7.90. The monoisotopic (exact) mass is 313 g/mol. The van der Waals surface area contributed by atoms with Crippen LogP contribution in [-0.4, -0.2) is 6.61 Å². The van der Waals surface area contributed by atoms with E-state index in [0.29, 0.717) is 5.69 Å². The number of hydrogen-bond acceptors (Lipinski definition) is 2. The third-order valence-electron chi connectivity index (χ3n) is 2.98. The predicted molar refractivity (Wildman–Crippen MR) is 82.0 cm³/mol. The van der Waals surface area contributed by atoms with Crippen molar-refractivity contribution in [1.82, 2.24) is 0 Å². The van der Waals surface area contributed by atoms with Crippen LogP contribution in [0, 0.1) is 0 Å². The molecule has 0 radical (unpaired) electrons. The van der Waals surface area contributed by atoms with Crippen LogP contribution in [0.4, 0.5) is 5.69 Å². The van der Waals surface area contributed by atoms with Gasteiger partial charge in [0.05, 0.1) is 12.3 Å². The van der Waals surface area contributed by atoms with Gasteiger partial charge >= 0.3 is 0 Å². The summed E-state index contributed by atoms with van der Waals surface area (Å²) in [5.74, 6) is 0.796. The minimum Gasteiger partial charge on any atom is -0.491 e. The Morgan fingerprint density at radius 1 is 1.06 bits per heavy atom. The quantitative estimate of drug-likeness (QED) is 0.504. The Balaban J connectivity index is 2.07. The molecule has 18 heavy (non-hydrogen) atoms. The Labute approximate surface area is 119 Å². The SMILES string of the molecule is CCCCCCCCCOc1ccc(Br)cc1N. The molecule has 0 bridgehead atoms. The van der Waals surface area contributed by atoms with Gasteiger partial charge in [-0.25, -0.2) is 0 Å². The van der Waals surface area contributed by atoms with Crippen molar-refractivity contribution in [3.8, 4) is 5.75 Å². The van der Waals surface area contributed by atoms with Crippen LogP contribution in [0.3, 0.4) is 0 Å². The van der Waals surface area contributed by atoms with Crippen LogP contribution in [0.5, 0.6) is 5.75 Å². The van der Waals surface area contributed by atoms with Crippen LogP contribution in [0.1, 0.15) is 51.9 Å². The van der Waals surface area contributed by atoms with Crippen molar-refractivity contribution in [2.75, 3.05) is 12.3 Å². The predicted octanol–water partition coefficient (Wildman–Crippen LogP) is 5.16. The van der Waals surface area contributed by atoms with E-state index in [1.807, 2.05) is 18.2 Å². The summed E-state index contributed by atoms with van der Waals surface area (Å²) in [5, 5.41) is 0. The molecule has 0 aliphatic heterocycles. The van der Waals surface area contributed by atoms with E-state index in [0.717, 1.165) is 23.2 Å². The highest BCUT2D eigenvalue weighted by Gasteiger charge is 2.00. The Hall–Kier alpha value is -0.700. The molecule has 0 atom stereocenters. The van der Waals surface area contributed by atoms with Crippen molar-refractivity contribution in [2.24, 2.45) is 0 Å². The van der Waals surface area contributed by atoms with Gasteiger partial charge < -0.3 is 10.5 Å². The van der Waals surface area contributed by atoms with Crippen LogP contribution < -0.4 is 10.5 Å². The van der Waals surface area contributed by atoms with E-state index in [4.69, 9.17) is 10.5 Å². The molecule has 2 N–H and O–H groups in total. The first-order chi connectivity index (χ1) is 8.74. The lowest BCUT2D eigenvalue weighted by Gasteiger charge is -2.09. The zero-order chi connectivity index (χ0) is 13.2. The van der Waals surface area contributed by atoms with Gasteiger partial charge in [-0.15, -0.1) is 0 Å². The van der Waals surface area contributed by atoms with Gasteiger partial charge in [-0.2, -0.15) is 0 Å². The molecular formula is C15H24BrNO. The zero-order valence-electron chi connectivity index (χ0n) is 11.3. The Bertz CT molecular complexity index is 341. The number of halogens is 1. The fraction of sp³-hybridized carbons (Fsp3) is 0.600. The second-order valence-electron chi connectivity index (χ2n) is 4.65. The van der Waals surface area contributed by atoms with E-state index in [1.165, 1.54) is 38.5 Å². The van der Waals surface area contributed by atoms with Crippen molar-refractivity contribution in [1.29, 1.82) is 0 Å². The molecule has 0 heterocycles. The summed E-state index contributed by atoms with van der Waals surface area (Å²) in [6, 6.07) is 5.75. The molecule has 0 fully saturated rings. The van der Waals surface area contributed by atoms with Crippen LogP contribution in [-0.2, 0) is 0 Å². The molecule has 0 spiro atoms. The fourth-order valence-electron chi connectivity index (χ4n) is 1.89. The van der Waals surface area contributed by atoms with Crippen molar-refractivity contribution >= 4 is 21.6 Å². The normalized spacial score (nSPS) is 10.6. The van der Waals surface area contributed by atoms with E-state index in [-0.39, 0.29) is 0 Å². The maximum atomic E-state index is 5.86. The Morgan fingerprint density at radius 2 is 1.72 bits per heavy atom. The molecule has 0 amide bonds. The highest BCUT2D eigenvalue weighted by molar-refractivity contribution is 9.10.